The van der Waals surface area contributed by atoms with E-state index in [1.54, 1.807) is 12.1 Å². The molecule has 0 spiro atoms. The van der Waals surface area contributed by atoms with Crippen LogP contribution in [0.3, 0.4) is 0 Å². The van der Waals surface area contributed by atoms with Gasteiger partial charge in [0.15, 0.2) is 0 Å². The highest BCUT2D eigenvalue weighted by Crippen LogP contribution is 2.11. The van der Waals surface area contributed by atoms with Crippen LogP contribution < -0.4 is 5.32 Å². The average Bonchev–Trinajstić information content (AvgIpc) is 2.36. The van der Waals surface area contributed by atoms with Crippen LogP contribution in [0.15, 0.2) is 24.3 Å². The van der Waals surface area contributed by atoms with Gasteiger partial charge in [0.1, 0.15) is 0 Å². The predicted octanol–water partition coefficient (Wildman–Crippen LogP) is 1.86. The van der Waals surface area contributed by atoms with Crippen molar-refractivity contribution in [3.8, 4) is 0 Å². The Hall–Kier alpha value is -1.50. The summed E-state index contributed by atoms with van der Waals surface area (Å²) in [5, 5.41) is 23.3. The third kappa shape index (κ3) is 6.60. The quantitative estimate of drug-likeness (QED) is 0.589. The fourth-order valence-corrected chi connectivity index (χ4v) is 1.52. The van der Waals surface area contributed by atoms with Crippen molar-refractivity contribution in [2.45, 2.75) is 39.0 Å². The molecule has 0 fully saturated rings. The lowest BCUT2D eigenvalue weighted by molar-refractivity contribution is -0.384. The van der Waals surface area contributed by atoms with Crippen molar-refractivity contribution in [3.63, 3.8) is 0 Å². The molecule has 6 heteroatoms. The zero-order valence-corrected chi connectivity index (χ0v) is 12.1. The maximum atomic E-state index is 10.5. The number of hydrogen-bond donors (Lipinski definition) is 2. The van der Waals surface area contributed by atoms with E-state index >= 15 is 0 Å². The lowest BCUT2D eigenvalue weighted by Gasteiger charge is -2.22. The summed E-state index contributed by atoms with van der Waals surface area (Å²) in [5.74, 6) is 0. The second kappa shape index (κ2) is 7.33. The van der Waals surface area contributed by atoms with Crippen LogP contribution in [-0.4, -0.2) is 34.9 Å². The lowest BCUT2D eigenvalue weighted by Crippen LogP contribution is -2.33. The molecular formula is C14H22N2O4. The topological polar surface area (TPSA) is 84.6 Å². The van der Waals surface area contributed by atoms with Gasteiger partial charge in [-0.25, -0.2) is 0 Å². The van der Waals surface area contributed by atoms with Crippen molar-refractivity contribution in [3.05, 3.63) is 39.9 Å². The Morgan fingerprint density at radius 3 is 2.45 bits per heavy atom. The highest BCUT2D eigenvalue weighted by atomic mass is 16.6. The molecule has 6 nitrogen and oxygen atoms in total. The third-order valence-electron chi connectivity index (χ3n) is 2.56. The lowest BCUT2D eigenvalue weighted by atomic mass is 10.2. The van der Waals surface area contributed by atoms with Crippen molar-refractivity contribution < 1.29 is 14.8 Å². The number of aliphatic hydroxyl groups is 1. The molecule has 1 aromatic rings. The summed E-state index contributed by atoms with van der Waals surface area (Å²) in [5.41, 5.74) is 0.742. The first kappa shape index (κ1) is 16.6. The highest BCUT2D eigenvalue weighted by molar-refractivity contribution is 5.32. The van der Waals surface area contributed by atoms with E-state index in [4.69, 9.17) is 4.74 Å². The van der Waals surface area contributed by atoms with E-state index in [1.165, 1.54) is 12.1 Å². The molecule has 0 heterocycles. The highest BCUT2D eigenvalue weighted by Gasteiger charge is 2.13. The summed E-state index contributed by atoms with van der Waals surface area (Å²) in [6, 6.07) is 6.33. The number of aliphatic hydroxyl groups excluding tert-OH is 1. The van der Waals surface area contributed by atoms with E-state index in [9.17, 15) is 15.2 Å². The molecule has 1 unspecified atom stereocenters. The second-order valence-electron chi connectivity index (χ2n) is 5.63. The molecule has 0 saturated carbocycles. The first-order chi connectivity index (χ1) is 9.28. The van der Waals surface area contributed by atoms with E-state index in [2.05, 4.69) is 5.32 Å². The summed E-state index contributed by atoms with van der Waals surface area (Å²) in [7, 11) is 0. The van der Waals surface area contributed by atoms with Crippen LogP contribution in [0.5, 0.6) is 0 Å². The largest absolute Gasteiger partial charge is 0.389 e. The zero-order chi connectivity index (χ0) is 15.2. The molecule has 0 bridgehead atoms. The number of nitro groups is 1. The van der Waals surface area contributed by atoms with Crippen LogP contribution >= 0.6 is 0 Å². The maximum absolute atomic E-state index is 10.5. The molecule has 1 rings (SSSR count). The van der Waals surface area contributed by atoms with Gasteiger partial charge in [0.05, 0.1) is 23.2 Å². The van der Waals surface area contributed by atoms with Gasteiger partial charge in [-0.15, -0.1) is 0 Å². The number of ether oxygens (including phenoxy) is 1. The molecule has 0 amide bonds. The second-order valence-corrected chi connectivity index (χ2v) is 5.63. The summed E-state index contributed by atoms with van der Waals surface area (Å²) in [6.07, 6.45) is -0.577. The van der Waals surface area contributed by atoms with Crippen molar-refractivity contribution in [2.24, 2.45) is 0 Å². The molecule has 112 valence electrons. The number of nitrogens with zero attached hydrogens (tertiary/aromatic N) is 1. The number of rotatable bonds is 7. The third-order valence-corrected chi connectivity index (χ3v) is 2.56. The number of nitrogens with one attached hydrogen (secondary N) is 1. The summed E-state index contributed by atoms with van der Waals surface area (Å²) in [6.45, 7) is 7.03. The SMILES string of the molecule is CC(C)(C)OCC(O)CNCc1ccc([N+](=O)[O-])cc1. The first-order valence-corrected chi connectivity index (χ1v) is 6.54. The molecule has 0 saturated heterocycles. The number of hydrogen-bond acceptors (Lipinski definition) is 5. The molecule has 0 radical (unpaired) electrons. The Morgan fingerprint density at radius 1 is 1.35 bits per heavy atom. The van der Waals surface area contributed by atoms with Crippen LogP contribution in [0, 0.1) is 10.1 Å². The Bertz CT molecular complexity index is 426. The number of benzene rings is 1. The molecule has 0 aliphatic rings. The maximum Gasteiger partial charge on any atom is 0.269 e. The molecule has 20 heavy (non-hydrogen) atoms. The van der Waals surface area contributed by atoms with Crippen LogP contribution in [0.1, 0.15) is 26.3 Å². The minimum Gasteiger partial charge on any atom is -0.389 e. The minimum atomic E-state index is -0.577. The molecule has 0 aliphatic carbocycles. The summed E-state index contributed by atoms with van der Waals surface area (Å²) >= 11 is 0. The molecule has 0 aromatic heterocycles. The standard InChI is InChI=1S/C14H22N2O4/c1-14(2,3)20-10-13(17)9-15-8-11-4-6-12(7-5-11)16(18)19/h4-7,13,15,17H,8-10H2,1-3H3. The van der Waals surface area contributed by atoms with Crippen molar-refractivity contribution in [1.29, 1.82) is 0 Å². The summed E-state index contributed by atoms with van der Waals surface area (Å²) < 4.78 is 5.47. The van der Waals surface area contributed by atoms with E-state index in [1.807, 2.05) is 20.8 Å². The van der Waals surface area contributed by atoms with Crippen LogP contribution in [-0.2, 0) is 11.3 Å². The van der Waals surface area contributed by atoms with Gasteiger partial charge in [0.2, 0.25) is 0 Å². The summed E-state index contributed by atoms with van der Waals surface area (Å²) in [4.78, 5) is 10.1. The first-order valence-electron chi connectivity index (χ1n) is 6.54. The molecule has 2 N–H and O–H groups in total. The monoisotopic (exact) mass is 282 g/mol. The zero-order valence-electron chi connectivity index (χ0n) is 12.1. The minimum absolute atomic E-state index is 0.0763. The Balaban J connectivity index is 2.28. The van der Waals surface area contributed by atoms with Gasteiger partial charge in [-0.3, -0.25) is 10.1 Å². The van der Waals surface area contributed by atoms with Crippen molar-refractivity contribution in [2.75, 3.05) is 13.2 Å². The molecule has 1 atom stereocenters. The van der Waals surface area contributed by atoms with Gasteiger partial charge in [0, 0.05) is 25.2 Å². The van der Waals surface area contributed by atoms with Crippen LogP contribution in [0.2, 0.25) is 0 Å². The van der Waals surface area contributed by atoms with Crippen molar-refractivity contribution in [1.82, 2.24) is 5.32 Å². The number of nitro benzene ring substituents is 1. The molecule has 0 aliphatic heterocycles. The Labute approximate surface area is 118 Å². The van der Waals surface area contributed by atoms with E-state index in [-0.39, 0.29) is 17.9 Å². The van der Waals surface area contributed by atoms with Gasteiger partial charge < -0.3 is 15.2 Å². The normalized spacial score (nSPS) is 13.2. The van der Waals surface area contributed by atoms with Crippen LogP contribution in [0.25, 0.3) is 0 Å². The van der Waals surface area contributed by atoms with E-state index in [0.29, 0.717) is 13.1 Å². The van der Waals surface area contributed by atoms with Gasteiger partial charge in [-0.2, -0.15) is 0 Å². The van der Waals surface area contributed by atoms with E-state index < -0.39 is 11.0 Å². The smallest absolute Gasteiger partial charge is 0.269 e. The fraction of sp³-hybridized carbons (Fsp3) is 0.571. The van der Waals surface area contributed by atoms with Crippen LogP contribution in [0.4, 0.5) is 5.69 Å². The van der Waals surface area contributed by atoms with Gasteiger partial charge in [-0.1, -0.05) is 12.1 Å². The van der Waals surface area contributed by atoms with Gasteiger partial charge in [-0.05, 0) is 26.3 Å². The Kier molecular flexibility index (Phi) is 6.06. The van der Waals surface area contributed by atoms with Gasteiger partial charge in [0.25, 0.3) is 5.69 Å². The predicted molar refractivity (Wildman–Crippen MR) is 76.5 cm³/mol. The van der Waals surface area contributed by atoms with E-state index in [0.717, 1.165) is 5.56 Å². The number of non-ortho nitro benzene ring substituents is 1. The average molecular weight is 282 g/mol. The Morgan fingerprint density at radius 2 is 1.95 bits per heavy atom. The van der Waals surface area contributed by atoms with Crippen molar-refractivity contribution >= 4 is 5.69 Å². The molecular weight excluding hydrogens is 260 g/mol. The fourth-order valence-electron chi connectivity index (χ4n) is 1.52. The van der Waals surface area contributed by atoms with Gasteiger partial charge >= 0.3 is 0 Å². The molecule has 1 aromatic carbocycles.